The van der Waals surface area contributed by atoms with Gasteiger partial charge in [0.15, 0.2) is 0 Å². The monoisotopic (exact) mass is 368 g/mol. The van der Waals surface area contributed by atoms with Crippen LogP contribution in [0.4, 0.5) is 0 Å². The maximum atomic E-state index is 12.7. The molecular formula is C23H44O3. The molecule has 0 rings (SSSR count). The van der Waals surface area contributed by atoms with Crippen molar-refractivity contribution in [3.05, 3.63) is 12.7 Å². The molecule has 0 aromatic carbocycles. The lowest BCUT2D eigenvalue weighted by molar-refractivity contribution is -0.152. The largest absolute Gasteiger partial charge is 0.463 e. The van der Waals surface area contributed by atoms with Gasteiger partial charge < -0.3 is 9.47 Å². The third-order valence-electron chi connectivity index (χ3n) is 4.56. The summed E-state index contributed by atoms with van der Waals surface area (Å²) < 4.78 is 10.8. The van der Waals surface area contributed by atoms with Gasteiger partial charge >= 0.3 is 5.97 Å². The van der Waals surface area contributed by atoms with Crippen LogP contribution in [0.2, 0.25) is 0 Å². The van der Waals surface area contributed by atoms with Crippen LogP contribution in [0.25, 0.3) is 0 Å². The lowest BCUT2D eigenvalue weighted by Crippen LogP contribution is -2.29. The summed E-state index contributed by atoms with van der Waals surface area (Å²) in [6.45, 7) is 22.9. The predicted octanol–water partition coefficient (Wildman–Crippen LogP) is 6.27. The Labute approximate surface area is 162 Å². The highest BCUT2D eigenvalue weighted by Crippen LogP contribution is 2.34. The topological polar surface area (TPSA) is 35.5 Å². The summed E-state index contributed by atoms with van der Waals surface area (Å²) in [6.07, 6.45) is 5.87. The van der Waals surface area contributed by atoms with Gasteiger partial charge in [0.05, 0.1) is 19.1 Å². The van der Waals surface area contributed by atoms with Gasteiger partial charge in [-0.05, 0) is 48.3 Å². The smallest absolute Gasteiger partial charge is 0.309 e. The third kappa shape index (κ3) is 13.4. The zero-order valence-electron chi connectivity index (χ0n) is 18.7. The van der Waals surface area contributed by atoms with Crippen LogP contribution in [0.5, 0.6) is 0 Å². The van der Waals surface area contributed by atoms with E-state index in [1.54, 1.807) is 6.08 Å². The Kier molecular flexibility index (Phi) is 11.4. The Morgan fingerprint density at radius 2 is 1.54 bits per heavy atom. The van der Waals surface area contributed by atoms with Gasteiger partial charge in [0.1, 0.15) is 6.61 Å². The summed E-state index contributed by atoms with van der Waals surface area (Å²) in [6, 6.07) is 0. The molecule has 0 aromatic heterocycles. The highest BCUT2D eigenvalue weighted by atomic mass is 16.6. The van der Waals surface area contributed by atoms with Gasteiger partial charge in [-0.15, -0.1) is 6.58 Å². The van der Waals surface area contributed by atoms with Crippen LogP contribution in [-0.4, -0.2) is 25.8 Å². The molecule has 0 bridgehead atoms. The Hall–Kier alpha value is -0.830. The first-order valence-corrected chi connectivity index (χ1v) is 10.2. The Morgan fingerprint density at radius 1 is 0.962 bits per heavy atom. The Balaban J connectivity index is 4.72. The summed E-state index contributed by atoms with van der Waals surface area (Å²) >= 11 is 0. The third-order valence-corrected chi connectivity index (χ3v) is 4.56. The second kappa shape index (κ2) is 11.8. The van der Waals surface area contributed by atoms with Gasteiger partial charge in [-0.25, -0.2) is 0 Å². The minimum absolute atomic E-state index is 0.0314. The molecule has 0 saturated heterocycles. The molecule has 0 aliphatic rings. The van der Waals surface area contributed by atoms with E-state index in [4.69, 9.17) is 9.47 Å². The number of ether oxygens (including phenoxy) is 2. The highest BCUT2D eigenvalue weighted by molar-refractivity contribution is 5.72. The predicted molar refractivity (Wildman–Crippen MR) is 111 cm³/mol. The molecule has 26 heavy (non-hydrogen) atoms. The van der Waals surface area contributed by atoms with Gasteiger partial charge in [0, 0.05) is 0 Å². The van der Waals surface area contributed by atoms with Crippen molar-refractivity contribution in [1.29, 1.82) is 0 Å². The fourth-order valence-electron chi connectivity index (χ4n) is 3.83. The standard InChI is InChI=1S/C23H44O3/c1-10-13-25-14-15-26-21(24)20(19(3)17-23(7,8)9)12-11-18(2)16-22(4,5)6/h10,18-20H,1,11-17H2,2-9H3. The van der Waals surface area contributed by atoms with Crippen molar-refractivity contribution in [2.45, 2.75) is 81.1 Å². The van der Waals surface area contributed by atoms with E-state index >= 15 is 0 Å². The number of carbonyl (C=O) groups excluding carboxylic acids is 1. The van der Waals surface area contributed by atoms with Crippen molar-refractivity contribution >= 4 is 5.97 Å². The summed E-state index contributed by atoms with van der Waals surface area (Å²) in [5.74, 6) is 0.837. The van der Waals surface area contributed by atoms with Gasteiger partial charge in [0.25, 0.3) is 0 Å². The quantitative estimate of drug-likeness (QED) is 0.231. The molecule has 0 N–H and O–H groups in total. The average Bonchev–Trinajstić information content (AvgIpc) is 2.43. The molecule has 0 aromatic rings. The highest BCUT2D eigenvalue weighted by Gasteiger charge is 2.30. The van der Waals surface area contributed by atoms with E-state index in [2.05, 4.69) is 62.0 Å². The zero-order valence-corrected chi connectivity index (χ0v) is 18.7. The van der Waals surface area contributed by atoms with E-state index in [1.165, 1.54) is 6.42 Å². The number of esters is 1. The molecule has 3 atom stereocenters. The Bertz CT molecular complexity index is 401. The van der Waals surface area contributed by atoms with Crippen molar-refractivity contribution in [2.75, 3.05) is 19.8 Å². The van der Waals surface area contributed by atoms with Crippen LogP contribution >= 0.6 is 0 Å². The number of rotatable bonds is 12. The minimum Gasteiger partial charge on any atom is -0.463 e. The van der Waals surface area contributed by atoms with Gasteiger partial charge in [-0.2, -0.15) is 0 Å². The molecule has 0 saturated carbocycles. The summed E-state index contributed by atoms with van der Waals surface area (Å²) in [7, 11) is 0. The number of hydrogen-bond donors (Lipinski definition) is 0. The van der Waals surface area contributed by atoms with E-state index in [1.807, 2.05) is 0 Å². The van der Waals surface area contributed by atoms with E-state index in [9.17, 15) is 4.79 Å². The van der Waals surface area contributed by atoms with Crippen molar-refractivity contribution in [2.24, 2.45) is 28.6 Å². The minimum atomic E-state index is -0.0630. The normalized spacial score (nSPS) is 16.0. The molecule has 3 nitrogen and oxygen atoms in total. The maximum Gasteiger partial charge on any atom is 0.309 e. The number of hydrogen-bond acceptors (Lipinski definition) is 3. The fraction of sp³-hybridized carbons (Fsp3) is 0.870. The van der Waals surface area contributed by atoms with Crippen LogP contribution < -0.4 is 0 Å². The van der Waals surface area contributed by atoms with Gasteiger partial charge in [-0.3, -0.25) is 4.79 Å². The molecule has 0 amide bonds. The van der Waals surface area contributed by atoms with E-state index in [-0.39, 0.29) is 17.3 Å². The average molecular weight is 369 g/mol. The van der Waals surface area contributed by atoms with Crippen LogP contribution in [0.15, 0.2) is 12.7 Å². The van der Waals surface area contributed by atoms with Crippen molar-refractivity contribution in [1.82, 2.24) is 0 Å². The second-order valence-corrected chi connectivity index (χ2v) is 10.3. The Morgan fingerprint density at radius 3 is 2.04 bits per heavy atom. The van der Waals surface area contributed by atoms with Crippen molar-refractivity contribution < 1.29 is 14.3 Å². The van der Waals surface area contributed by atoms with Crippen LogP contribution in [0, 0.1) is 28.6 Å². The molecule has 0 spiro atoms. The lowest BCUT2D eigenvalue weighted by atomic mass is 9.76. The first-order chi connectivity index (χ1) is 11.9. The van der Waals surface area contributed by atoms with E-state index in [0.29, 0.717) is 37.1 Å². The van der Waals surface area contributed by atoms with Crippen LogP contribution in [0.1, 0.15) is 81.1 Å². The lowest BCUT2D eigenvalue weighted by Gasteiger charge is -2.30. The fourth-order valence-corrected chi connectivity index (χ4v) is 3.83. The van der Waals surface area contributed by atoms with Gasteiger partial charge in [0.2, 0.25) is 0 Å². The first kappa shape index (κ1) is 25.2. The molecular weight excluding hydrogens is 324 g/mol. The molecule has 0 radical (unpaired) electrons. The molecule has 0 aliphatic heterocycles. The molecule has 154 valence electrons. The molecule has 0 aliphatic carbocycles. The maximum absolute atomic E-state index is 12.7. The zero-order chi connectivity index (χ0) is 20.4. The van der Waals surface area contributed by atoms with E-state index < -0.39 is 0 Å². The van der Waals surface area contributed by atoms with Gasteiger partial charge in [-0.1, -0.05) is 61.5 Å². The number of carbonyl (C=O) groups is 1. The van der Waals surface area contributed by atoms with Crippen molar-refractivity contribution in [3.8, 4) is 0 Å². The van der Waals surface area contributed by atoms with E-state index in [0.717, 1.165) is 19.3 Å². The molecule has 3 unspecified atom stereocenters. The summed E-state index contributed by atoms with van der Waals surface area (Å²) in [4.78, 5) is 12.7. The summed E-state index contributed by atoms with van der Waals surface area (Å²) in [5.41, 5.74) is 0.539. The van der Waals surface area contributed by atoms with Crippen molar-refractivity contribution in [3.63, 3.8) is 0 Å². The molecule has 3 heteroatoms. The molecule has 0 fully saturated rings. The van der Waals surface area contributed by atoms with Crippen LogP contribution in [0.3, 0.4) is 0 Å². The second-order valence-electron chi connectivity index (χ2n) is 10.3. The van der Waals surface area contributed by atoms with Crippen LogP contribution in [-0.2, 0) is 14.3 Å². The first-order valence-electron chi connectivity index (χ1n) is 10.2. The molecule has 0 heterocycles. The SMILES string of the molecule is C=CCOCCOC(=O)C(CCC(C)CC(C)(C)C)C(C)CC(C)(C)C. The summed E-state index contributed by atoms with van der Waals surface area (Å²) in [5, 5.41) is 0.